The van der Waals surface area contributed by atoms with Crippen LogP contribution in [-0.2, 0) is 11.2 Å². The Hall–Kier alpha value is -1.69. The van der Waals surface area contributed by atoms with Crippen molar-refractivity contribution in [1.82, 2.24) is 5.32 Å². The van der Waals surface area contributed by atoms with Crippen LogP contribution in [0.3, 0.4) is 0 Å². The van der Waals surface area contributed by atoms with E-state index in [-0.39, 0.29) is 0 Å². The molecule has 1 unspecified atom stereocenters. The highest BCUT2D eigenvalue weighted by Crippen LogP contribution is 2.28. The fourth-order valence-corrected chi connectivity index (χ4v) is 1.73. The van der Waals surface area contributed by atoms with Gasteiger partial charge in [-0.15, -0.1) is 0 Å². The van der Waals surface area contributed by atoms with Crippen LogP contribution in [-0.4, -0.2) is 31.0 Å². The Kier molecular flexibility index (Phi) is 3.47. The van der Waals surface area contributed by atoms with Crippen molar-refractivity contribution in [3.8, 4) is 5.75 Å². The molecule has 1 heterocycles. The predicted molar refractivity (Wildman–Crippen MR) is 61.6 cm³/mol. The Labute approximate surface area is 103 Å². The summed E-state index contributed by atoms with van der Waals surface area (Å²) >= 11 is 0. The number of nitrogens with one attached hydrogen (secondary N) is 1. The molecule has 6 heteroatoms. The Morgan fingerprint density at radius 1 is 1.50 bits per heavy atom. The van der Waals surface area contributed by atoms with Crippen LogP contribution >= 0.6 is 0 Å². The summed E-state index contributed by atoms with van der Waals surface area (Å²) in [5.41, 5.74) is 5.79. The number of nitrogens with two attached hydrogens (primary N) is 1. The largest absolute Gasteiger partial charge is 0.480 e. The number of carbonyl (C=O) groups is 1. The minimum atomic E-state index is -3.08. The molecule has 0 saturated heterocycles. The maximum absolute atomic E-state index is 12.9. The summed E-state index contributed by atoms with van der Waals surface area (Å²) < 4.78 is 31.1. The van der Waals surface area contributed by atoms with Gasteiger partial charge in [-0.2, -0.15) is 0 Å². The van der Waals surface area contributed by atoms with Gasteiger partial charge in [-0.25, -0.2) is 8.78 Å². The molecule has 0 fully saturated rings. The van der Waals surface area contributed by atoms with Crippen molar-refractivity contribution in [2.24, 2.45) is 5.73 Å². The minimum absolute atomic E-state index is 0.399. The van der Waals surface area contributed by atoms with Crippen LogP contribution in [0.2, 0.25) is 0 Å². The lowest BCUT2D eigenvalue weighted by Gasteiger charge is -2.16. The maximum atomic E-state index is 12.9. The number of fused-ring (bicyclic) bond motifs is 1. The van der Waals surface area contributed by atoms with E-state index in [2.05, 4.69) is 5.32 Å². The molecule has 1 atom stereocenters. The zero-order valence-electron chi connectivity index (χ0n) is 9.66. The van der Waals surface area contributed by atoms with Crippen LogP contribution in [0.1, 0.15) is 5.56 Å². The summed E-state index contributed by atoms with van der Waals surface area (Å²) in [4.78, 5) is 11.7. The first-order valence-corrected chi connectivity index (χ1v) is 5.62. The number of hydrogen-bond acceptors (Lipinski definition) is 3. The quantitative estimate of drug-likeness (QED) is 0.833. The van der Waals surface area contributed by atoms with Crippen LogP contribution < -0.4 is 15.8 Å². The lowest BCUT2D eigenvalue weighted by atomic mass is 10.1. The Balaban J connectivity index is 1.90. The van der Waals surface area contributed by atoms with Gasteiger partial charge in [0.05, 0.1) is 13.1 Å². The van der Waals surface area contributed by atoms with E-state index in [0.29, 0.717) is 12.2 Å². The molecule has 0 aromatic heterocycles. The molecule has 0 saturated carbocycles. The van der Waals surface area contributed by atoms with Gasteiger partial charge in [0.15, 0.2) is 6.10 Å². The van der Waals surface area contributed by atoms with Gasteiger partial charge in [0.2, 0.25) is 0 Å². The van der Waals surface area contributed by atoms with Gasteiger partial charge >= 0.3 is 0 Å². The third kappa shape index (κ3) is 2.76. The van der Waals surface area contributed by atoms with Gasteiger partial charge in [0, 0.05) is 6.42 Å². The number of amides is 1. The number of alkyl halides is 2. The fraction of sp³-hybridized carbons (Fsp3) is 0.417. The van der Waals surface area contributed by atoms with E-state index in [1.807, 2.05) is 12.1 Å². The third-order valence-electron chi connectivity index (χ3n) is 2.76. The van der Waals surface area contributed by atoms with Crippen molar-refractivity contribution < 1.29 is 18.3 Å². The van der Waals surface area contributed by atoms with E-state index in [1.54, 1.807) is 12.1 Å². The van der Waals surface area contributed by atoms with E-state index >= 15 is 0 Å². The molecule has 1 amide bonds. The second-order valence-electron chi connectivity index (χ2n) is 4.20. The van der Waals surface area contributed by atoms with Crippen molar-refractivity contribution in [1.29, 1.82) is 0 Å². The van der Waals surface area contributed by atoms with Gasteiger partial charge in [0.1, 0.15) is 5.75 Å². The number of halogens is 2. The number of carbonyl (C=O) groups excluding carboxylic acids is 1. The minimum Gasteiger partial charge on any atom is -0.480 e. The molecule has 1 aromatic rings. The summed E-state index contributed by atoms with van der Waals surface area (Å²) in [6.07, 6.45) is -0.341. The lowest BCUT2D eigenvalue weighted by Crippen LogP contribution is -2.46. The standard InChI is InChI=1S/C12H14F2N2O2/c13-12(14,6-15)7-16-11(17)10-5-8-3-1-2-4-9(8)18-10/h1-4,10H,5-7,15H2,(H,16,17). The topological polar surface area (TPSA) is 64.3 Å². The molecule has 3 N–H and O–H groups in total. The number of benzene rings is 1. The summed E-state index contributed by atoms with van der Waals surface area (Å²) in [5, 5.41) is 2.16. The summed E-state index contributed by atoms with van der Waals surface area (Å²) in [6.45, 7) is -1.56. The third-order valence-corrected chi connectivity index (χ3v) is 2.76. The molecule has 18 heavy (non-hydrogen) atoms. The summed E-state index contributed by atoms with van der Waals surface area (Å²) in [6, 6.07) is 7.22. The molecule has 0 bridgehead atoms. The summed E-state index contributed by atoms with van der Waals surface area (Å²) in [5.74, 6) is -3.00. The number of hydrogen-bond donors (Lipinski definition) is 2. The van der Waals surface area contributed by atoms with E-state index < -0.39 is 31.0 Å². The van der Waals surface area contributed by atoms with E-state index in [9.17, 15) is 13.6 Å². The zero-order valence-corrected chi connectivity index (χ0v) is 9.66. The molecule has 0 spiro atoms. The van der Waals surface area contributed by atoms with Crippen molar-refractivity contribution in [3.63, 3.8) is 0 Å². The molecule has 98 valence electrons. The average Bonchev–Trinajstić information content (AvgIpc) is 2.80. The van der Waals surface area contributed by atoms with Crippen molar-refractivity contribution in [2.45, 2.75) is 18.4 Å². The number of rotatable bonds is 4. The SMILES string of the molecule is NCC(F)(F)CNC(=O)C1Cc2ccccc2O1. The first-order chi connectivity index (χ1) is 8.52. The normalized spacial score (nSPS) is 18.1. The van der Waals surface area contributed by atoms with Crippen molar-refractivity contribution in [2.75, 3.05) is 13.1 Å². The number of ether oxygens (including phenoxy) is 1. The van der Waals surface area contributed by atoms with E-state index in [1.165, 1.54) is 0 Å². The second kappa shape index (κ2) is 4.89. The molecule has 0 aliphatic carbocycles. The van der Waals surface area contributed by atoms with Gasteiger partial charge < -0.3 is 15.8 Å². The predicted octanol–water partition coefficient (Wildman–Crippen LogP) is 0.700. The highest BCUT2D eigenvalue weighted by molar-refractivity contribution is 5.82. The highest BCUT2D eigenvalue weighted by Gasteiger charge is 2.32. The maximum Gasteiger partial charge on any atom is 0.277 e. The Morgan fingerprint density at radius 2 is 2.22 bits per heavy atom. The van der Waals surface area contributed by atoms with E-state index in [4.69, 9.17) is 10.5 Å². The average molecular weight is 256 g/mol. The molecule has 1 aliphatic rings. The number of para-hydroxylation sites is 1. The molecule has 2 rings (SSSR count). The molecule has 1 aromatic carbocycles. The van der Waals surface area contributed by atoms with Gasteiger partial charge in [-0.05, 0) is 11.6 Å². The fourth-order valence-electron chi connectivity index (χ4n) is 1.73. The van der Waals surface area contributed by atoms with Crippen LogP contribution in [0.15, 0.2) is 24.3 Å². The molecule has 1 aliphatic heterocycles. The monoisotopic (exact) mass is 256 g/mol. The van der Waals surface area contributed by atoms with Crippen LogP contribution in [0.4, 0.5) is 8.78 Å². The molecular weight excluding hydrogens is 242 g/mol. The first-order valence-electron chi connectivity index (χ1n) is 5.62. The van der Waals surface area contributed by atoms with Crippen LogP contribution in [0.5, 0.6) is 5.75 Å². The summed E-state index contributed by atoms with van der Waals surface area (Å²) in [7, 11) is 0. The second-order valence-corrected chi connectivity index (χ2v) is 4.20. The Bertz CT molecular complexity index is 426. The van der Waals surface area contributed by atoms with Crippen LogP contribution in [0.25, 0.3) is 0 Å². The van der Waals surface area contributed by atoms with Crippen LogP contribution in [0, 0.1) is 0 Å². The highest BCUT2D eigenvalue weighted by atomic mass is 19.3. The van der Waals surface area contributed by atoms with Gasteiger partial charge in [-0.1, -0.05) is 18.2 Å². The van der Waals surface area contributed by atoms with Gasteiger partial charge in [0.25, 0.3) is 11.8 Å². The van der Waals surface area contributed by atoms with Crippen molar-refractivity contribution >= 4 is 5.91 Å². The first kappa shape index (κ1) is 12.8. The van der Waals surface area contributed by atoms with Crippen molar-refractivity contribution in [3.05, 3.63) is 29.8 Å². The molecule has 0 radical (unpaired) electrons. The lowest BCUT2D eigenvalue weighted by molar-refractivity contribution is -0.129. The molecule has 4 nitrogen and oxygen atoms in total. The zero-order chi connectivity index (χ0) is 13.2. The van der Waals surface area contributed by atoms with Gasteiger partial charge in [-0.3, -0.25) is 4.79 Å². The molecular formula is C12H14F2N2O2. The smallest absolute Gasteiger partial charge is 0.277 e. The Morgan fingerprint density at radius 3 is 2.89 bits per heavy atom. The van der Waals surface area contributed by atoms with E-state index in [0.717, 1.165) is 5.56 Å².